The highest BCUT2D eigenvalue weighted by Gasteiger charge is 2.36. The lowest BCUT2D eigenvalue weighted by Crippen LogP contribution is -2.52. The molecule has 0 bridgehead atoms. The fourth-order valence-electron chi connectivity index (χ4n) is 3.70. The molecule has 2 aliphatic heterocycles. The molecule has 0 spiro atoms. The lowest BCUT2D eigenvalue weighted by atomic mass is 10.1. The summed E-state index contributed by atoms with van der Waals surface area (Å²) in [5.74, 6) is -0.0701. The van der Waals surface area contributed by atoms with E-state index in [2.05, 4.69) is 9.97 Å². The molecule has 11 heteroatoms. The third kappa shape index (κ3) is 3.74. The normalized spacial score (nSPS) is 23.7. The van der Waals surface area contributed by atoms with E-state index >= 15 is 0 Å². The smallest absolute Gasteiger partial charge is 0.251 e. The molecule has 9 nitrogen and oxygen atoms in total. The van der Waals surface area contributed by atoms with Crippen LogP contribution in [-0.2, 0) is 19.6 Å². The first-order valence-corrected chi connectivity index (χ1v) is 10.5. The highest BCUT2D eigenvalue weighted by atomic mass is 35.5. The topological polar surface area (TPSA) is 122 Å². The van der Waals surface area contributed by atoms with Crippen molar-refractivity contribution in [2.75, 3.05) is 32.7 Å². The number of aromatic nitrogens is 2. The van der Waals surface area contributed by atoms with Gasteiger partial charge in [0.2, 0.25) is 10.0 Å². The highest BCUT2D eigenvalue weighted by molar-refractivity contribution is 7.89. The predicted octanol–water partition coefficient (Wildman–Crippen LogP) is 0.324. The number of ether oxygens (including phenoxy) is 1. The van der Waals surface area contributed by atoms with Crippen molar-refractivity contribution in [2.24, 2.45) is 5.73 Å². The Morgan fingerprint density at radius 1 is 1.29 bits per heavy atom. The number of carbonyl (C=O) groups excluding carboxylic acids is 1. The molecule has 2 atom stereocenters. The van der Waals surface area contributed by atoms with E-state index in [4.69, 9.17) is 10.5 Å². The monoisotopic (exact) mass is 429 g/mol. The molecule has 2 fully saturated rings. The predicted molar refractivity (Wildman–Crippen MR) is 106 cm³/mol. The van der Waals surface area contributed by atoms with Crippen LogP contribution < -0.4 is 5.73 Å². The number of piperazine rings is 1. The van der Waals surface area contributed by atoms with Crippen molar-refractivity contribution in [1.29, 1.82) is 0 Å². The maximum atomic E-state index is 13.0. The van der Waals surface area contributed by atoms with Crippen LogP contribution in [0.4, 0.5) is 0 Å². The highest BCUT2D eigenvalue weighted by Crippen LogP contribution is 2.26. The van der Waals surface area contributed by atoms with Crippen molar-refractivity contribution >= 4 is 39.4 Å². The first kappa shape index (κ1) is 21.0. The summed E-state index contributed by atoms with van der Waals surface area (Å²) >= 11 is 0. The summed E-state index contributed by atoms with van der Waals surface area (Å²) in [6.07, 6.45) is 4.03. The van der Waals surface area contributed by atoms with Crippen molar-refractivity contribution in [3.05, 3.63) is 24.5 Å². The van der Waals surface area contributed by atoms with Crippen molar-refractivity contribution < 1.29 is 17.9 Å². The van der Waals surface area contributed by atoms with Crippen LogP contribution in [0.5, 0.6) is 0 Å². The number of halogens is 1. The Hall–Kier alpha value is -1.72. The Bertz CT molecular complexity index is 942. The van der Waals surface area contributed by atoms with Gasteiger partial charge in [-0.25, -0.2) is 13.4 Å². The number of hydrogen-bond donors (Lipinski definition) is 2. The van der Waals surface area contributed by atoms with Crippen molar-refractivity contribution in [3.8, 4) is 0 Å². The quantitative estimate of drug-likeness (QED) is 0.722. The molecule has 0 saturated carbocycles. The largest absolute Gasteiger partial charge is 0.364 e. The minimum atomic E-state index is -3.65. The zero-order valence-corrected chi connectivity index (χ0v) is 16.9. The maximum Gasteiger partial charge on any atom is 0.251 e. The van der Waals surface area contributed by atoms with Crippen LogP contribution in [0.15, 0.2) is 29.4 Å². The zero-order chi connectivity index (χ0) is 19.0. The Morgan fingerprint density at radius 3 is 2.71 bits per heavy atom. The van der Waals surface area contributed by atoms with Gasteiger partial charge < -0.3 is 20.4 Å². The summed E-state index contributed by atoms with van der Waals surface area (Å²) in [4.78, 5) is 21.5. The van der Waals surface area contributed by atoms with Gasteiger partial charge in [0.1, 0.15) is 16.6 Å². The van der Waals surface area contributed by atoms with Gasteiger partial charge in [0.25, 0.3) is 5.91 Å². The van der Waals surface area contributed by atoms with Crippen LogP contribution in [0.25, 0.3) is 11.0 Å². The second-order valence-electron chi connectivity index (χ2n) is 6.84. The van der Waals surface area contributed by atoms with Gasteiger partial charge in [0, 0.05) is 50.5 Å². The molecule has 2 aromatic heterocycles. The van der Waals surface area contributed by atoms with Gasteiger partial charge in [-0.2, -0.15) is 4.31 Å². The van der Waals surface area contributed by atoms with Crippen molar-refractivity contribution in [3.63, 3.8) is 0 Å². The molecular formula is C17H24ClN5O4S. The minimum Gasteiger partial charge on any atom is -0.364 e. The van der Waals surface area contributed by atoms with Crippen LogP contribution >= 0.6 is 12.4 Å². The van der Waals surface area contributed by atoms with Gasteiger partial charge in [-0.05, 0) is 25.0 Å². The second kappa shape index (κ2) is 8.34. The van der Waals surface area contributed by atoms with Crippen LogP contribution in [0.1, 0.15) is 12.8 Å². The molecule has 154 valence electrons. The van der Waals surface area contributed by atoms with Crippen LogP contribution in [0.3, 0.4) is 0 Å². The molecule has 4 heterocycles. The Labute approximate surface area is 169 Å². The fraction of sp³-hybridized carbons (Fsp3) is 0.529. The summed E-state index contributed by atoms with van der Waals surface area (Å²) in [7, 11) is -3.65. The fourth-order valence-corrected chi connectivity index (χ4v) is 5.27. The number of aromatic amines is 1. The summed E-state index contributed by atoms with van der Waals surface area (Å²) in [6.45, 7) is 1.63. The molecule has 2 aliphatic rings. The standard InChI is InChI=1S/C17H23N5O4S.ClH/c18-10-12-3-4-14(26-12)17(23)21-6-8-22(9-7-21)27(24,25)15-11-20-16-13(15)2-1-5-19-16;/h1-2,5,11-12,14H,3-4,6-10,18H2,(H,19,20);1H/t12-,14+;/m1./s1. The summed E-state index contributed by atoms with van der Waals surface area (Å²) < 4.78 is 33.1. The number of rotatable bonds is 4. The zero-order valence-electron chi connectivity index (χ0n) is 15.3. The summed E-state index contributed by atoms with van der Waals surface area (Å²) in [6, 6.07) is 3.44. The molecule has 0 unspecified atom stereocenters. The maximum absolute atomic E-state index is 13.0. The number of pyridine rings is 1. The third-order valence-corrected chi connectivity index (χ3v) is 7.17. The summed E-state index contributed by atoms with van der Waals surface area (Å²) in [5, 5.41) is 0.572. The number of hydrogen-bond acceptors (Lipinski definition) is 6. The van der Waals surface area contributed by atoms with E-state index in [-0.39, 0.29) is 42.4 Å². The van der Waals surface area contributed by atoms with Gasteiger partial charge in [-0.3, -0.25) is 4.79 Å². The van der Waals surface area contributed by atoms with Gasteiger partial charge >= 0.3 is 0 Å². The SMILES string of the molecule is Cl.NC[C@H]1CC[C@@H](C(=O)N2CCN(S(=O)(=O)c3c[nH]c4ncccc34)CC2)O1. The molecule has 3 N–H and O–H groups in total. The number of nitrogens with zero attached hydrogens (tertiary/aromatic N) is 3. The number of carbonyl (C=O) groups is 1. The first-order valence-electron chi connectivity index (χ1n) is 9.07. The van der Waals surface area contributed by atoms with Crippen LogP contribution in [0.2, 0.25) is 0 Å². The minimum absolute atomic E-state index is 0. The Kier molecular flexibility index (Phi) is 6.25. The van der Waals surface area contributed by atoms with Gasteiger partial charge in [0.15, 0.2) is 0 Å². The van der Waals surface area contributed by atoms with Gasteiger partial charge in [-0.15, -0.1) is 12.4 Å². The third-order valence-electron chi connectivity index (χ3n) is 5.23. The molecule has 28 heavy (non-hydrogen) atoms. The van der Waals surface area contributed by atoms with Crippen LogP contribution in [0, 0.1) is 0 Å². The van der Waals surface area contributed by atoms with E-state index < -0.39 is 16.1 Å². The van der Waals surface area contributed by atoms with Crippen molar-refractivity contribution in [1.82, 2.24) is 19.2 Å². The molecule has 4 rings (SSSR count). The molecule has 2 saturated heterocycles. The van der Waals surface area contributed by atoms with E-state index in [1.165, 1.54) is 10.5 Å². The molecule has 1 amide bonds. The van der Waals surface area contributed by atoms with E-state index in [1.54, 1.807) is 23.2 Å². The number of sulfonamides is 1. The van der Waals surface area contributed by atoms with Gasteiger partial charge in [0.05, 0.1) is 6.10 Å². The second-order valence-corrected chi connectivity index (χ2v) is 8.75. The van der Waals surface area contributed by atoms with Crippen LogP contribution in [-0.4, -0.2) is 78.4 Å². The van der Waals surface area contributed by atoms with Gasteiger partial charge in [-0.1, -0.05) is 0 Å². The Balaban J connectivity index is 0.00000225. The van der Waals surface area contributed by atoms with Crippen molar-refractivity contribution in [2.45, 2.75) is 29.9 Å². The molecule has 0 radical (unpaired) electrons. The number of H-pyrrole nitrogens is 1. The van der Waals surface area contributed by atoms with E-state index in [0.29, 0.717) is 37.1 Å². The van der Waals surface area contributed by atoms with E-state index in [0.717, 1.165) is 6.42 Å². The van der Waals surface area contributed by atoms with E-state index in [1.807, 2.05) is 0 Å². The lowest BCUT2D eigenvalue weighted by molar-refractivity contribution is -0.143. The average Bonchev–Trinajstić information content (AvgIpc) is 3.34. The average molecular weight is 430 g/mol. The number of amides is 1. The molecule has 0 aromatic carbocycles. The number of fused-ring (bicyclic) bond motifs is 1. The first-order chi connectivity index (χ1) is 13.0. The molecule has 2 aromatic rings. The lowest BCUT2D eigenvalue weighted by Gasteiger charge is -2.35. The molecular weight excluding hydrogens is 406 g/mol. The summed E-state index contributed by atoms with van der Waals surface area (Å²) in [5.41, 5.74) is 6.14. The Morgan fingerprint density at radius 2 is 2.04 bits per heavy atom. The number of nitrogens with one attached hydrogen (secondary N) is 1. The van der Waals surface area contributed by atoms with E-state index in [9.17, 15) is 13.2 Å². The molecule has 0 aliphatic carbocycles. The number of nitrogens with two attached hydrogens (primary N) is 1.